The molecule has 0 radical (unpaired) electrons. The molecule has 3 aromatic rings. The standard InChI is InChI=1S/C24H25N5O6/c1-29(2)13-14-33-18-7-3-16(4-8-18)27-24(32)28-17-5-9-19(10-6-17)34-20-11-12-26-21(15-20)22(30)35-23(25)31/h3-12,15H,13-14H2,1-2H3,(H2,25,31)(H2,27,28,32). The molecule has 1 heterocycles. The van der Waals surface area contributed by atoms with Gasteiger partial charge in [-0.3, -0.25) is 0 Å². The van der Waals surface area contributed by atoms with E-state index in [-0.39, 0.29) is 5.69 Å². The van der Waals surface area contributed by atoms with Crippen LogP contribution in [0.1, 0.15) is 10.5 Å². The van der Waals surface area contributed by atoms with Gasteiger partial charge in [0.25, 0.3) is 0 Å². The second kappa shape index (κ2) is 12.0. The van der Waals surface area contributed by atoms with Crippen LogP contribution in [-0.2, 0) is 4.74 Å². The van der Waals surface area contributed by atoms with Crippen LogP contribution in [0.4, 0.5) is 21.0 Å². The molecule has 0 aliphatic rings. The summed E-state index contributed by atoms with van der Waals surface area (Å²) in [6.45, 7) is 1.38. The van der Waals surface area contributed by atoms with Gasteiger partial charge in [0, 0.05) is 30.2 Å². The number of esters is 1. The first-order valence-electron chi connectivity index (χ1n) is 10.5. The number of nitrogens with zero attached hydrogens (tertiary/aromatic N) is 2. The second-order valence-electron chi connectivity index (χ2n) is 7.47. The largest absolute Gasteiger partial charge is 0.492 e. The number of urea groups is 1. The molecule has 3 amide bonds. The molecule has 0 fully saturated rings. The van der Waals surface area contributed by atoms with Gasteiger partial charge in [0.05, 0.1) is 0 Å². The Bertz CT molecular complexity index is 1170. The minimum atomic E-state index is -1.23. The lowest BCUT2D eigenvalue weighted by Crippen LogP contribution is -2.20. The Kier molecular flexibility index (Phi) is 8.57. The van der Waals surface area contributed by atoms with E-state index in [1.807, 2.05) is 19.0 Å². The van der Waals surface area contributed by atoms with Crippen molar-refractivity contribution in [1.29, 1.82) is 0 Å². The van der Waals surface area contributed by atoms with Crippen LogP contribution in [0, 0.1) is 0 Å². The topological polar surface area (TPSA) is 145 Å². The molecule has 11 heteroatoms. The molecule has 0 aliphatic heterocycles. The van der Waals surface area contributed by atoms with Gasteiger partial charge in [-0.1, -0.05) is 0 Å². The Morgan fingerprint density at radius 3 is 2.06 bits per heavy atom. The van der Waals surface area contributed by atoms with Crippen LogP contribution in [0.25, 0.3) is 0 Å². The number of rotatable bonds is 9. The highest BCUT2D eigenvalue weighted by molar-refractivity contribution is 5.99. The number of nitrogens with two attached hydrogens (primary N) is 1. The number of primary amides is 1. The lowest BCUT2D eigenvalue weighted by atomic mass is 10.3. The molecule has 0 atom stereocenters. The van der Waals surface area contributed by atoms with Crippen molar-refractivity contribution < 1.29 is 28.6 Å². The fourth-order valence-corrected chi connectivity index (χ4v) is 2.75. The highest BCUT2D eigenvalue weighted by atomic mass is 16.6. The predicted molar refractivity (Wildman–Crippen MR) is 129 cm³/mol. The van der Waals surface area contributed by atoms with Gasteiger partial charge >= 0.3 is 18.1 Å². The summed E-state index contributed by atoms with van der Waals surface area (Å²) in [7, 11) is 3.95. The first-order valence-corrected chi connectivity index (χ1v) is 10.5. The number of likely N-dealkylation sites (N-methyl/N-ethyl adjacent to an activating group) is 1. The van der Waals surface area contributed by atoms with E-state index < -0.39 is 18.1 Å². The number of pyridine rings is 1. The van der Waals surface area contributed by atoms with E-state index >= 15 is 0 Å². The third-order valence-electron chi connectivity index (χ3n) is 4.40. The number of nitrogens with one attached hydrogen (secondary N) is 2. The molecule has 0 unspecified atom stereocenters. The molecule has 0 bridgehead atoms. The molecule has 35 heavy (non-hydrogen) atoms. The maximum Gasteiger partial charge on any atom is 0.412 e. The average Bonchev–Trinajstić information content (AvgIpc) is 2.81. The average molecular weight is 479 g/mol. The summed E-state index contributed by atoms with van der Waals surface area (Å²) < 4.78 is 15.6. The SMILES string of the molecule is CN(C)CCOc1ccc(NC(=O)Nc2ccc(Oc3ccnc(C(=O)OC(N)=O)c3)cc2)cc1. The summed E-state index contributed by atoms with van der Waals surface area (Å²) in [5.74, 6) is 0.477. The Morgan fingerprint density at radius 2 is 1.49 bits per heavy atom. The van der Waals surface area contributed by atoms with Crippen molar-refractivity contribution in [2.45, 2.75) is 0 Å². The van der Waals surface area contributed by atoms with Crippen molar-refractivity contribution in [2.75, 3.05) is 37.9 Å². The highest BCUT2D eigenvalue weighted by Gasteiger charge is 2.13. The molecule has 11 nitrogen and oxygen atoms in total. The lowest BCUT2D eigenvalue weighted by molar-refractivity contribution is 0.0631. The van der Waals surface area contributed by atoms with E-state index in [9.17, 15) is 14.4 Å². The third-order valence-corrected chi connectivity index (χ3v) is 4.40. The molecule has 182 valence electrons. The molecule has 0 aliphatic carbocycles. The van der Waals surface area contributed by atoms with E-state index in [2.05, 4.69) is 20.4 Å². The van der Waals surface area contributed by atoms with Crippen LogP contribution in [-0.4, -0.2) is 55.2 Å². The third kappa shape index (κ3) is 8.33. The van der Waals surface area contributed by atoms with Gasteiger partial charge < -0.3 is 35.5 Å². The summed E-state index contributed by atoms with van der Waals surface area (Å²) >= 11 is 0. The highest BCUT2D eigenvalue weighted by Crippen LogP contribution is 2.24. The van der Waals surface area contributed by atoms with Crippen molar-refractivity contribution in [3.8, 4) is 17.2 Å². The van der Waals surface area contributed by atoms with Gasteiger partial charge in [-0.15, -0.1) is 0 Å². The Balaban J connectivity index is 1.51. The maximum absolute atomic E-state index is 12.3. The number of carbonyl (C=O) groups is 3. The fourth-order valence-electron chi connectivity index (χ4n) is 2.75. The molecule has 4 N–H and O–H groups in total. The van der Waals surface area contributed by atoms with Crippen LogP contribution in [0.2, 0.25) is 0 Å². The lowest BCUT2D eigenvalue weighted by Gasteiger charge is -2.12. The molecular formula is C24H25N5O6. The minimum absolute atomic E-state index is 0.135. The number of ether oxygens (including phenoxy) is 3. The Hall–Kier alpha value is -4.64. The van der Waals surface area contributed by atoms with Gasteiger partial charge in [-0.25, -0.2) is 19.4 Å². The van der Waals surface area contributed by atoms with Crippen LogP contribution < -0.4 is 25.8 Å². The van der Waals surface area contributed by atoms with Crippen molar-refractivity contribution in [3.05, 3.63) is 72.6 Å². The smallest absolute Gasteiger partial charge is 0.412 e. The number of aromatic nitrogens is 1. The van der Waals surface area contributed by atoms with E-state index in [0.717, 1.165) is 12.3 Å². The number of anilines is 2. The summed E-state index contributed by atoms with van der Waals surface area (Å²) in [5, 5.41) is 5.48. The Labute approximate surface area is 201 Å². The summed E-state index contributed by atoms with van der Waals surface area (Å²) in [6, 6.07) is 16.1. The van der Waals surface area contributed by atoms with Gasteiger partial charge in [-0.2, -0.15) is 0 Å². The van der Waals surface area contributed by atoms with E-state index in [1.165, 1.54) is 18.3 Å². The predicted octanol–water partition coefficient (Wildman–Crippen LogP) is 3.69. The zero-order valence-electron chi connectivity index (χ0n) is 19.2. The number of hydrogen-bond acceptors (Lipinski definition) is 8. The van der Waals surface area contributed by atoms with E-state index in [1.54, 1.807) is 48.5 Å². The minimum Gasteiger partial charge on any atom is -0.492 e. The zero-order chi connectivity index (χ0) is 25.2. The number of benzene rings is 2. The first-order chi connectivity index (χ1) is 16.8. The van der Waals surface area contributed by atoms with Crippen LogP contribution in [0.5, 0.6) is 17.2 Å². The summed E-state index contributed by atoms with van der Waals surface area (Å²) in [5.41, 5.74) is 5.85. The van der Waals surface area contributed by atoms with Crippen molar-refractivity contribution in [1.82, 2.24) is 9.88 Å². The molecule has 2 aromatic carbocycles. The molecular weight excluding hydrogens is 454 g/mol. The number of carbonyl (C=O) groups excluding carboxylic acids is 3. The summed E-state index contributed by atoms with van der Waals surface area (Å²) in [4.78, 5) is 40.6. The first kappa shape index (κ1) is 25.0. The molecule has 1 aromatic heterocycles. The van der Waals surface area contributed by atoms with Crippen molar-refractivity contribution >= 4 is 29.5 Å². The van der Waals surface area contributed by atoms with Crippen LogP contribution in [0.15, 0.2) is 66.9 Å². The van der Waals surface area contributed by atoms with Gasteiger partial charge in [0.1, 0.15) is 23.9 Å². The van der Waals surface area contributed by atoms with E-state index in [0.29, 0.717) is 29.5 Å². The van der Waals surface area contributed by atoms with E-state index in [4.69, 9.17) is 15.2 Å². The van der Waals surface area contributed by atoms with Crippen molar-refractivity contribution in [3.63, 3.8) is 0 Å². The van der Waals surface area contributed by atoms with Gasteiger partial charge in [0.15, 0.2) is 5.69 Å². The van der Waals surface area contributed by atoms with Crippen LogP contribution in [0.3, 0.4) is 0 Å². The Morgan fingerprint density at radius 1 is 0.886 bits per heavy atom. The zero-order valence-corrected chi connectivity index (χ0v) is 19.2. The van der Waals surface area contributed by atoms with Crippen LogP contribution >= 0.6 is 0 Å². The normalized spacial score (nSPS) is 10.4. The molecule has 3 rings (SSSR count). The fraction of sp³-hybridized carbons (Fsp3) is 0.167. The number of hydrogen-bond donors (Lipinski definition) is 3. The number of amides is 3. The second-order valence-corrected chi connectivity index (χ2v) is 7.47. The van der Waals surface area contributed by atoms with Gasteiger partial charge in [0.2, 0.25) is 0 Å². The molecule has 0 spiro atoms. The van der Waals surface area contributed by atoms with Gasteiger partial charge in [-0.05, 0) is 68.7 Å². The molecule has 0 saturated heterocycles. The quantitative estimate of drug-likeness (QED) is 0.311. The monoisotopic (exact) mass is 479 g/mol. The van der Waals surface area contributed by atoms with Crippen molar-refractivity contribution in [2.24, 2.45) is 5.73 Å². The molecule has 0 saturated carbocycles. The summed E-state index contributed by atoms with van der Waals surface area (Å²) in [6.07, 6.45) is 0.104. The maximum atomic E-state index is 12.3.